The van der Waals surface area contributed by atoms with Crippen molar-refractivity contribution in [1.29, 1.82) is 0 Å². The highest BCUT2D eigenvalue weighted by molar-refractivity contribution is 9.11. The normalized spacial score (nSPS) is 12.1. The van der Waals surface area contributed by atoms with E-state index in [0.29, 0.717) is 21.5 Å². The van der Waals surface area contributed by atoms with Crippen molar-refractivity contribution < 1.29 is 14.6 Å². The Bertz CT molecular complexity index is 659. The molecule has 1 N–H and O–H groups in total. The van der Waals surface area contributed by atoms with Crippen LogP contribution in [0.2, 0.25) is 0 Å². The summed E-state index contributed by atoms with van der Waals surface area (Å²) in [5, 5.41) is 10.7. The molecule has 0 amide bonds. The van der Waals surface area contributed by atoms with Gasteiger partial charge in [0.05, 0.1) is 14.2 Å². The maximum Gasteiger partial charge on any atom is 0.142 e. The summed E-state index contributed by atoms with van der Waals surface area (Å²) < 4.78 is 13.1. The van der Waals surface area contributed by atoms with Crippen molar-refractivity contribution >= 4 is 47.8 Å². The molecular weight excluding hydrogens is 468 g/mol. The van der Waals surface area contributed by atoms with Crippen LogP contribution in [0, 0.1) is 0 Å². The highest BCUT2D eigenvalue weighted by Crippen LogP contribution is 2.42. The van der Waals surface area contributed by atoms with E-state index in [2.05, 4.69) is 47.8 Å². The van der Waals surface area contributed by atoms with Crippen molar-refractivity contribution in [2.45, 2.75) is 6.10 Å². The van der Waals surface area contributed by atoms with Gasteiger partial charge >= 0.3 is 0 Å². The standard InChI is InChI=1S/C15H13Br3O3/c1-20-12-6-5-10(15(21-2)13(12)18)14(19)9-4-3-8(16)7-11(9)17/h3-7,14,19H,1-2H3. The van der Waals surface area contributed by atoms with E-state index in [4.69, 9.17) is 9.47 Å². The van der Waals surface area contributed by atoms with Crippen LogP contribution >= 0.6 is 47.8 Å². The van der Waals surface area contributed by atoms with E-state index in [9.17, 15) is 5.11 Å². The van der Waals surface area contributed by atoms with Gasteiger partial charge in [-0.1, -0.05) is 37.9 Å². The first-order chi connectivity index (χ1) is 9.99. The van der Waals surface area contributed by atoms with Gasteiger partial charge in [-0.3, -0.25) is 0 Å². The molecule has 3 nitrogen and oxygen atoms in total. The molecule has 0 aliphatic rings. The van der Waals surface area contributed by atoms with Gasteiger partial charge in [-0.2, -0.15) is 0 Å². The lowest BCUT2D eigenvalue weighted by atomic mass is 10.0. The smallest absolute Gasteiger partial charge is 0.142 e. The van der Waals surface area contributed by atoms with E-state index in [1.807, 2.05) is 18.2 Å². The van der Waals surface area contributed by atoms with Crippen LogP contribution < -0.4 is 9.47 Å². The first-order valence-corrected chi connectivity index (χ1v) is 8.40. The molecule has 0 radical (unpaired) electrons. The molecule has 0 bridgehead atoms. The van der Waals surface area contributed by atoms with Crippen LogP contribution in [0.1, 0.15) is 17.2 Å². The number of halogens is 3. The second-order valence-electron chi connectivity index (χ2n) is 4.27. The molecule has 2 aromatic carbocycles. The number of rotatable bonds is 4. The Balaban J connectivity index is 2.52. The third-order valence-electron chi connectivity index (χ3n) is 3.07. The second kappa shape index (κ2) is 7.13. The highest BCUT2D eigenvalue weighted by atomic mass is 79.9. The molecular formula is C15H13Br3O3. The Hall–Kier alpha value is -0.560. The van der Waals surface area contributed by atoms with Gasteiger partial charge in [0.1, 0.15) is 22.1 Å². The monoisotopic (exact) mass is 478 g/mol. The predicted octanol–water partition coefficient (Wildman–Crippen LogP) is 5.07. The molecule has 0 heterocycles. The number of hydrogen-bond donors (Lipinski definition) is 1. The maximum absolute atomic E-state index is 10.7. The minimum atomic E-state index is -0.815. The summed E-state index contributed by atoms with van der Waals surface area (Å²) in [6, 6.07) is 9.22. The zero-order valence-corrected chi connectivity index (χ0v) is 16.1. The molecule has 0 fully saturated rings. The third kappa shape index (κ3) is 3.44. The molecule has 0 aromatic heterocycles. The maximum atomic E-state index is 10.7. The Labute approximate surface area is 148 Å². The van der Waals surface area contributed by atoms with Crippen molar-refractivity contribution in [3.8, 4) is 11.5 Å². The Morgan fingerprint density at radius 1 is 0.952 bits per heavy atom. The molecule has 21 heavy (non-hydrogen) atoms. The Morgan fingerprint density at radius 3 is 2.19 bits per heavy atom. The van der Waals surface area contributed by atoms with Gasteiger partial charge in [0.25, 0.3) is 0 Å². The third-order valence-corrected chi connectivity index (χ3v) is 5.00. The lowest BCUT2D eigenvalue weighted by Gasteiger charge is -2.19. The highest BCUT2D eigenvalue weighted by Gasteiger charge is 2.21. The summed E-state index contributed by atoms with van der Waals surface area (Å²) in [4.78, 5) is 0. The fraction of sp³-hybridized carbons (Fsp3) is 0.200. The van der Waals surface area contributed by atoms with E-state index < -0.39 is 6.10 Å². The molecule has 1 unspecified atom stereocenters. The lowest BCUT2D eigenvalue weighted by Crippen LogP contribution is -2.04. The van der Waals surface area contributed by atoms with Crippen LogP contribution in [0.4, 0.5) is 0 Å². The molecule has 0 saturated heterocycles. The zero-order chi connectivity index (χ0) is 15.6. The largest absolute Gasteiger partial charge is 0.495 e. The summed E-state index contributed by atoms with van der Waals surface area (Å²) in [6.07, 6.45) is -0.815. The molecule has 0 aliphatic heterocycles. The topological polar surface area (TPSA) is 38.7 Å². The van der Waals surface area contributed by atoms with Crippen molar-refractivity contribution in [3.63, 3.8) is 0 Å². The molecule has 0 saturated carbocycles. The second-order valence-corrected chi connectivity index (χ2v) is 6.84. The number of hydrogen-bond acceptors (Lipinski definition) is 3. The first kappa shape index (κ1) is 16.8. The van der Waals surface area contributed by atoms with Gasteiger partial charge in [0.2, 0.25) is 0 Å². The van der Waals surface area contributed by atoms with Gasteiger partial charge < -0.3 is 14.6 Å². The van der Waals surface area contributed by atoms with Gasteiger partial charge in [-0.05, 0) is 45.8 Å². The number of methoxy groups -OCH3 is 2. The molecule has 2 aromatic rings. The van der Waals surface area contributed by atoms with Gasteiger partial charge in [-0.15, -0.1) is 0 Å². The molecule has 0 spiro atoms. The first-order valence-electron chi connectivity index (χ1n) is 6.03. The number of benzene rings is 2. The van der Waals surface area contributed by atoms with E-state index in [1.165, 1.54) is 0 Å². The van der Waals surface area contributed by atoms with E-state index in [0.717, 1.165) is 14.5 Å². The lowest BCUT2D eigenvalue weighted by molar-refractivity contribution is 0.213. The van der Waals surface area contributed by atoms with Gasteiger partial charge in [0.15, 0.2) is 0 Å². The van der Waals surface area contributed by atoms with Gasteiger partial charge in [-0.25, -0.2) is 0 Å². The molecule has 0 aliphatic carbocycles. The van der Waals surface area contributed by atoms with Crippen LogP contribution in [0.25, 0.3) is 0 Å². The number of aliphatic hydroxyl groups is 1. The molecule has 6 heteroatoms. The Kier molecular flexibility index (Phi) is 5.71. The molecule has 112 valence electrons. The summed E-state index contributed by atoms with van der Waals surface area (Å²) in [7, 11) is 3.15. The van der Waals surface area contributed by atoms with Crippen LogP contribution in [0.5, 0.6) is 11.5 Å². The minimum absolute atomic E-state index is 0.552. The van der Waals surface area contributed by atoms with E-state index >= 15 is 0 Å². The van der Waals surface area contributed by atoms with Crippen LogP contribution in [-0.4, -0.2) is 19.3 Å². The number of ether oxygens (including phenoxy) is 2. The molecule has 1 atom stereocenters. The summed E-state index contributed by atoms with van der Waals surface area (Å²) in [5.74, 6) is 1.20. The number of aliphatic hydroxyl groups excluding tert-OH is 1. The average Bonchev–Trinajstić information content (AvgIpc) is 2.46. The summed E-state index contributed by atoms with van der Waals surface area (Å²) >= 11 is 10.3. The minimum Gasteiger partial charge on any atom is -0.495 e. The van der Waals surface area contributed by atoms with Crippen molar-refractivity contribution in [3.05, 3.63) is 54.9 Å². The van der Waals surface area contributed by atoms with E-state index in [1.54, 1.807) is 26.4 Å². The Morgan fingerprint density at radius 2 is 1.62 bits per heavy atom. The van der Waals surface area contributed by atoms with Crippen molar-refractivity contribution in [1.82, 2.24) is 0 Å². The fourth-order valence-electron chi connectivity index (χ4n) is 2.02. The fourth-order valence-corrected chi connectivity index (χ4v) is 3.97. The van der Waals surface area contributed by atoms with Crippen LogP contribution in [0.3, 0.4) is 0 Å². The van der Waals surface area contributed by atoms with Crippen LogP contribution in [-0.2, 0) is 0 Å². The van der Waals surface area contributed by atoms with Gasteiger partial charge in [0, 0.05) is 14.5 Å². The van der Waals surface area contributed by atoms with Crippen molar-refractivity contribution in [2.75, 3.05) is 14.2 Å². The van der Waals surface area contributed by atoms with Crippen molar-refractivity contribution in [2.24, 2.45) is 0 Å². The zero-order valence-electron chi connectivity index (χ0n) is 11.4. The van der Waals surface area contributed by atoms with E-state index in [-0.39, 0.29) is 0 Å². The predicted molar refractivity (Wildman–Crippen MR) is 93.1 cm³/mol. The SMILES string of the molecule is COc1ccc(C(O)c2ccc(Br)cc2Br)c(OC)c1Br. The molecule has 2 rings (SSSR count). The summed E-state index contributed by atoms with van der Waals surface area (Å²) in [5.41, 5.74) is 1.42. The summed E-state index contributed by atoms with van der Waals surface area (Å²) in [6.45, 7) is 0. The quantitative estimate of drug-likeness (QED) is 0.663. The van der Waals surface area contributed by atoms with Crippen LogP contribution in [0.15, 0.2) is 43.7 Å². The average molecular weight is 481 g/mol.